The van der Waals surface area contributed by atoms with Crippen LogP contribution in [0.25, 0.3) is 0 Å². The van der Waals surface area contributed by atoms with E-state index in [9.17, 15) is 0 Å². The van der Waals surface area contributed by atoms with Crippen molar-refractivity contribution in [3.8, 4) is 11.5 Å². The van der Waals surface area contributed by atoms with E-state index in [4.69, 9.17) is 39.6 Å². The molecule has 0 radical (unpaired) electrons. The molecule has 8 nitrogen and oxygen atoms in total. The highest BCUT2D eigenvalue weighted by atomic mass is 16.5. The lowest BCUT2D eigenvalue weighted by Crippen LogP contribution is -2.30. The minimum atomic E-state index is -1.40. The number of nitrogens with two attached hydrogens (primary N) is 1. The number of ether oxygens (including phenoxy) is 5. The summed E-state index contributed by atoms with van der Waals surface area (Å²) in [6.45, 7) is 2.05. The molecule has 0 aromatic heterocycles. The number of hydrogen-bond donors (Lipinski definition) is 3. The quantitative estimate of drug-likeness (QED) is 0.191. The molecular weight excluding hydrogens is 426 g/mol. The van der Waals surface area contributed by atoms with Crippen LogP contribution in [0.15, 0.2) is 35.9 Å². The van der Waals surface area contributed by atoms with E-state index in [-0.39, 0.29) is 18.3 Å². The van der Waals surface area contributed by atoms with Gasteiger partial charge < -0.3 is 39.6 Å². The summed E-state index contributed by atoms with van der Waals surface area (Å²) >= 11 is 0. The van der Waals surface area contributed by atoms with Gasteiger partial charge in [0.05, 0.1) is 38.2 Å². The predicted octanol–water partition coefficient (Wildman–Crippen LogP) is 3.77. The van der Waals surface area contributed by atoms with Gasteiger partial charge in [-0.3, -0.25) is 0 Å². The molecule has 1 rings (SSSR count). The molecule has 3 atom stereocenters. The van der Waals surface area contributed by atoms with E-state index < -0.39 is 6.29 Å². The fraction of sp³-hybridized carbons (Fsp3) is 0.600. The summed E-state index contributed by atoms with van der Waals surface area (Å²) in [7, 11) is 8.21. The zero-order chi connectivity index (χ0) is 24.8. The fourth-order valence-electron chi connectivity index (χ4n) is 3.76. The molecule has 0 bridgehead atoms. The summed E-state index contributed by atoms with van der Waals surface area (Å²) in [5.41, 5.74) is 8.67. The van der Waals surface area contributed by atoms with Crippen molar-refractivity contribution in [1.29, 1.82) is 0 Å². The molecule has 1 aromatic carbocycles. The number of rotatable bonds is 16. The Hall–Kier alpha value is -2.10. The maximum atomic E-state index is 8.86. The first-order valence-corrected chi connectivity index (χ1v) is 11.1. The normalized spacial score (nSPS) is 15.1. The molecule has 0 saturated carbocycles. The number of aliphatic hydroxyl groups excluding tert-OH is 1. The molecular formula is C25H41NO7. The van der Waals surface area contributed by atoms with E-state index in [0.717, 1.165) is 18.4 Å². The van der Waals surface area contributed by atoms with Crippen molar-refractivity contribution in [1.82, 2.24) is 0 Å². The van der Waals surface area contributed by atoms with E-state index in [0.29, 0.717) is 36.4 Å². The highest BCUT2D eigenvalue weighted by Crippen LogP contribution is 2.38. The van der Waals surface area contributed by atoms with E-state index in [1.54, 1.807) is 47.7 Å². The van der Waals surface area contributed by atoms with Crippen LogP contribution < -0.4 is 15.2 Å². The Bertz CT molecular complexity index is 749. The summed E-state index contributed by atoms with van der Waals surface area (Å²) in [5, 5.41) is 17.7. The standard InChI is InChI=1S/C25H41NO7/c1-17(9-7-8-10-24(27)28)11-12-22(31-4)23(32-5)14-13-21(30-3)19-15-18(29-2)16-20(26)25(19)33-6/h8,10-11,15-16,21-24,27-28H,7,9,12-14,26H2,1-6H3/b10-8-,17-11+. The van der Waals surface area contributed by atoms with E-state index in [1.165, 1.54) is 11.6 Å². The van der Waals surface area contributed by atoms with E-state index >= 15 is 0 Å². The van der Waals surface area contributed by atoms with Gasteiger partial charge in [-0.15, -0.1) is 0 Å². The van der Waals surface area contributed by atoms with Crippen LogP contribution in [0.1, 0.15) is 50.7 Å². The van der Waals surface area contributed by atoms with Gasteiger partial charge in [-0.25, -0.2) is 0 Å². The first-order valence-electron chi connectivity index (χ1n) is 11.1. The largest absolute Gasteiger partial charge is 0.497 e. The van der Waals surface area contributed by atoms with Gasteiger partial charge in [0.1, 0.15) is 11.5 Å². The first-order chi connectivity index (χ1) is 15.8. The lowest BCUT2D eigenvalue weighted by atomic mass is 9.97. The molecule has 33 heavy (non-hydrogen) atoms. The minimum absolute atomic E-state index is 0.116. The number of aliphatic hydroxyl groups is 2. The summed E-state index contributed by atoms with van der Waals surface area (Å²) in [6, 6.07) is 3.61. The molecule has 3 unspecified atom stereocenters. The van der Waals surface area contributed by atoms with E-state index in [2.05, 4.69) is 13.0 Å². The molecule has 0 fully saturated rings. The SMILES string of the molecule is COc1cc(N)c(OC)c(C(CCC(OC)C(C/C=C(\C)CC/C=C\C(O)O)OC)OC)c1. The van der Waals surface area contributed by atoms with Gasteiger partial charge in [-0.2, -0.15) is 0 Å². The number of nitrogen functional groups attached to an aromatic ring is 1. The number of allylic oxidation sites excluding steroid dienone is 2. The summed E-state index contributed by atoms with van der Waals surface area (Å²) in [4.78, 5) is 0. The van der Waals surface area contributed by atoms with E-state index in [1.807, 2.05) is 6.07 Å². The number of methoxy groups -OCH3 is 5. The summed E-state index contributed by atoms with van der Waals surface area (Å²) in [5.74, 6) is 1.23. The molecule has 0 aliphatic heterocycles. The Morgan fingerprint density at radius 2 is 1.67 bits per heavy atom. The fourth-order valence-corrected chi connectivity index (χ4v) is 3.76. The molecule has 0 spiro atoms. The molecule has 0 saturated heterocycles. The number of hydrogen-bond acceptors (Lipinski definition) is 8. The lowest BCUT2D eigenvalue weighted by molar-refractivity contribution is -0.0452. The third-order valence-electron chi connectivity index (χ3n) is 5.64. The molecule has 0 amide bonds. The molecule has 1 aromatic rings. The highest BCUT2D eigenvalue weighted by molar-refractivity contribution is 5.61. The Morgan fingerprint density at radius 3 is 2.21 bits per heavy atom. The van der Waals surface area contributed by atoms with Crippen LogP contribution >= 0.6 is 0 Å². The second-order valence-electron chi connectivity index (χ2n) is 7.86. The monoisotopic (exact) mass is 467 g/mol. The second-order valence-corrected chi connectivity index (χ2v) is 7.86. The number of anilines is 1. The van der Waals surface area contributed by atoms with Crippen molar-refractivity contribution in [2.45, 2.75) is 63.6 Å². The van der Waals surface area contributed by atoms with Crippen LogP contribution in [0.5, 0.6) is 11.5 Å². The van der Waals surface area contributed by atoms with Crippen molar-refractivity contribution < 1.29 is 33.9 Å². The third-order valence-corrected chi connectivity index (χ3v) is 5.64. The van der Waals surface area contributed by atoms with Gasteiger partial charge in [0.2, 0.25) is 0 Å². The Balaban J connectivity index is 2.82. The van der Waals surface area contributed by atoms with Crippen molar-refractivity contribution >= 4 is 5.69 Å². The van der Waals surface area contributed by atoms with Crippen LogP contribution in [0.4, 0.5) is 5.69 Å². The molecule has 8 heteroatoms. The van der Waals surface area contributed by atoms with Gasteiger partial charge in [0, 0.05) is 33.0 Å². The van der Waals surface area contributed by atoms with Crippen molar-refractivity contribution in [2.24, 2.45) is 0 Å². The van der Waals surface area contributed by atoms with Gasteiger partial charge >= 0.3 is 0 Å². The van der Waals surface area contributed by atoms with Crippen LogP contribution in [0, 0.1) is 0 Å². The van der Waals surface area contributed by atoms with Crippen LogP contribution in [0.3, 0.4) is 0 Å². The zero-order valence-electron chi connectivity index (χ0n) is 20.7. The maximum Gasteiger partial charge on any atom is 0.171 e. The first kappa shape index (κ1) is 28.9. The van der Waals surface area contributed by atoms with Crippen molar-refractivity contribution in [2.75, 3.05) is 41.3 Å². The zero-order valence-corrected chi connectivity index (χ0v) is 20.7. The van der Waals surface area contributed by atoms with Gasteiger partial charge in [0.15, 0.2) is 6.29 Å². The minimum Gasteiger partial charge on any atom is -0.497 e. The Morgan fingerprint density at radius 1 is 0.970 bits per heavy atom. The highest BCUT2D eigenvalue weighted by Gasteiger charge is 2.25. The predicted molar refractivity (Wildman–Crippen MR) is 130 cm³/mol. The topological polar surface area (TPSA) is 113 Å². The smallest absolute Gasteiger partial charge is 0.171 e. The second kappa shape index (κ2) is 15.7. The average Bonchev–Trinajstić information content (AvgIpc) is 2.80. The van der Waals surface area contributed by atoms with Gasteiger partial charge in [-0.1, -0.05) is 17.7 Å². The third kappa shape index (κ3) is 9.73. The van der Waals surface area contributed by atoms with Crippen molar-refractivity contribution in [3.63, 3.8) is 0 Å². The molecule has 188 valence electrons. The summed E-state index contributed by atoms with van der Waals surface area (Å²) < 4.78 is 28.1. The van der Waals surface area contributed by atoms with Gasteiger partial charge in [0.25, 0.3) is 0 Å². The molecule has 0 heterocycles. The number of benzene rings is 1. The van der Waals surface area contributed by atoms with Crippen molar-refractivity contribution in [3.05, 3.63) is 41.5 Å². The van der Waals surface area contributed by atoms with Crippen LogP contribution in [-0.2, 0) is 14.2 Å². The Kier molecular flexibility index (Phi) is 13.8. The molecule has 0 aliphatic rings. The Labute approximate surface area is 197 Å². The average molecular weight is 468 g/mol. The van der Waals surface area contributed by atoms with Crippen LogP contribution in [-0.4, -0.2) is 64.3 Å². The molecule has 4 N–H and O–H groups in total. The summed E-state index contributed by atoms with van der Waals surface area (Å²) in [6.07, 6.45) is 7.03. The van der Waals surface area contributed by atoms with Crippen LogP contribution in [0.2, 0.25) is 0 Å². The maximum absolute atomic E-state index is 8.86. The lowest BCUT2D eigenvalue weighted by Gasteiger charge is -2.27. The van der Waals surface area contributed by atoms with Gasteiger partial charge in [-0.05, 0) is 51.2 Å². The molecule has 0 aliphatic carbocycles.